The number of carboxylic acid groups (broad SMARTS) is 1. The third-order valence-electron chi connectivity index (χ3n) is 2.96. The second-order valence-electron chi connectivity index (χ2n) is 5.65. The van der Waals surface area contributed by atoms with Gasteiger partial charge < -0.3 is 14.9 Å². The number of carboxylic acids is 1. The van der Waals surface area contributed by atoms with Gasteiger partial charge in [0.25, 0.3) is 5.91 Å². The van der Waals surface area contributed by atoms with E-state index in [2.05, 4.69) is 10.5 Å². The molecule has 1 rings (SSSR count). The number of carbonyl (C=O) groups excluding carboxylic acids is 1. The van der Waals surface area contributed by atoms with Crippen molar-refractivity contribution in [3.05, 3.63) is 17.5 Å². The van der Waals surface area contributed by atoms with E-state index in [-0.39, 0.29) is 24.1 Å². The molecule has 1 heterocycles. The van der Waals surface area contributed by atoms with Crippen molar-refractivity contribution in [3.63, 3.8) is 0 Å². The number of nitrogens with zero attached hydrogens (tertiary/aromatic N) is 1. The Labute approximate surface area is 118 Å². The maximum absolute atomic E-state index is 11.9. The van der Waals surface area contributed by atoms with Crippen LogP contribution in [0.4, 0.5) is 0 Å². The smallest absolute Gasteiger partial charge is 0.308 e. The predicted molar refractivity (Wildman–Crippen MR) is 73.5 cm³/mol. The van der Waals surface area contributed by atoms with Crippen LogP contribution in [-0.4, -0.2) is 28.7 Å². The van der Waals surface area contributed by atoms with Gasteiger partial charge in [0.1, 0.15) is 0 Å². The minimum absolute atomic E-state index is 0.0874. The number of aromatic nitrogens is 1. The Morgan fingerprint density at radius 3 is 2.45 bits per heavy atom. The van der Waals surface area contributed by atoms with Crippen molar-refractivity contribution in [1.29, 1.82) is 0 Å². The topological polar surface area (TPSA) is 92.4 Å². The van der Waals surface area contributed by atoms with Gasteiger partial charge in [0.15, 0.2) is 0 Å². The Bertz CT molecular complexity index is 465. The van der Waals surface area contributed by atoms with E-state index >= 15 is 0 Å². The van der Waals surface area contributed by atoms with Crippen LogP contribution in [0.25, 0.3) is 0 Å². The Morgan fingerprint density at radius 2 is 2.00 bits per heavy atom. The Kier molecular flexibility index (Phi) is 5.73. The molecule has 0 radical (unpaired) electrons. The molecule has 20 heavy (non-hydrogen) atoms. The van der Waals surface area contributed by atoms with Gasteiger partial charge in [-0.25, -0.2) is 0 Å². The molecule has 0 aliphatic heterocycles. The molecule has 0 aliphatic rings. The van der Waals surface area contributed by atoms with E-state index in [0.29, 0.717) is 12.1 Å². The van der Waals surface area contributed by atoms with Crippen LogP contribution in [0.2, 0.25) is 0 Å². The molecule has 0 saturated carbocycles. The van der Waals surface area contributed by atoms with Crippen LogP contribution in [0.3, 0.4) is 0 Å². The predicted octanol–water partition coefficient (Wildman–Crippen LogP) is 2.27. The van der Waals surface area contributed by atoms with Crippen LogP contribution in [0.5, 0.6) is 0 Å². The molecule has 0 aromatic carbocycles. The first-order chi connectivity index (χ1) is 9.31. The summed E-state index contributed by atoms with van der Waals surface area (Å²) in [5, 5.41) is 15.5. The maximum atomic E-state index is 11.9. The molecule has 1 amide bonds. The zero-order valence-electron chi connectivity index (χ0n) is 12.3. The van der Waals surface area contributed by atoms with E-state index in [4.69, 9.17) is 9.63 Å². The fourth-order valence-electron chi connectivity index (χ4n) is 1.81. The van der Waals surface area contributed by atoms with Gasteiger partial charge in [0.2, 0.25) is 5.76 Å². The number of rotatable bonds is 7. The lowest BCUT2D eigenvalue weighted by atomic mass is 9.97. The highest BCUT2D eigenvalue weighted by atomic mass is 16.5. The van der Waals surface area contributed by atoms with Crippen molar-refractivity contribution in [1.82, 2.24) is 10.5 Å². The van der Waals surface area contributed by atoms with E-state index < -0.39 is 17.8 Å². The first kappa shape index (κ1) is 16.2. The summed E-state index contributed by atoms with van der Waals surface area (Å²) >= 11 is 0. The average Bonchev–Trinajstić information content (AvgIpc) is 2.82. The summed E-state index contributed by atoms with van der Waals surface area (Å²) in [5.74, 6) is -1.38. The fourth-order valence-corrected chi connectivity index (χ4v) is 1.81. The van der Waals surface area contributed by atoms with Crippen molar-refractivity contribution in [2.45, 2.75) is 40.0 Å². The SMILES string of the molecule is CC(C)CC(CNC(=O)c1cc(C(C)C)no1)C(=O)O. The lowest BCUT2D eigenvalue weighted by Gasteiger charge is -2.14. The first-order valence-electron chi connectivity index (χ1n) is 6.78. The highest BCUT2D eigenvalue weighted by molar-refractivity contribution is 5.91. The van der Waals surface area contributed by atoms with Crippen molar-refractivity contribution in [2.24, 2.45) is 11.8 Å². The van der Waals surface area contributed by atoms with Crippen molar-refractivity contribution >= 4 is 11.9 Å². The Hall–Kier alpha value is -1.85. The molecule has 0 aliphatic carbocycles. The van der Waals surface area contributed by atoms with Gasteiger partial charge in [-0.1, -0.05) is 32.9 Å². The van der Waals surface area contributed by atoms with Crippen molar-refractivity contribution < 1.29 is 19.2 Å². The molecule has 1 aromatic heterocycles. The Morgan fingerprint density at radius 1 is 1.35 bits per heavy atom. The van der Waals surface area contributed by atoms with Crippen LogP contribution in [0, 0.1) is 11.8 Å². The number of carbonyl (C=O) groups is 2. The zero-order valence-corrected chi connectivity index (χ0v) is 12.3. The lowest BCUT2D eigenvalue weighted by Crippen LogP contribution is -2.33. The summed E-state index contributed by atoms with van der Waals surface area (Å²) in [7, 11) is 0. The normalized spacial score (nSPS) is 12.7. The summed E-state index contributed by atoms with van der Waals surface area (Å²) in [6.45, 7) is 7.88. The third-order valence-corrected chi connectivity index (χ3v) is 2.96. The second kappa shape index (κ2) is 7.07. The standard InChI is InChI=1S/C14H22N2O4/c1-8(2)5-10(14(18)19)7-15-13(17)12-6-11(9(3)4)16-20-12/h6,8-10H,5,7H2,1-4H3,(H,15,17)(H,18,19). The molecule has 6 nitrogen and oxygen atoms in total. The van der Waals surface area contributed by atoms with E-state index in [1.807, 2.05) is 27.7 Å². The van der Waals surface area contributed by atoms with Crippen molar-refractivity contribution in [2.75, 3.05) is 6.54 Å². The van der Waals surface area contributed by atoms with Gasteiger partial charge in [-0.2, -0.15) is 0 Å². The minimum Gasteiger partial charge on any atom is -0.481 e. The molecule has 0 saturated heterocycles. The lowest BCUT2D eigenvalue weighted by molar-refractivity contribution is -0.142. The van der Waals surface area contributed by atoms with Crippen LogP contribution in [0.15, 0.2) is 10.6 Å². The van der Waals surface area contributed by atoms with E-state index in [0.717, 1.165) is 0 Å². The summed E-state index contributed by atoms with van der Waals surface area (Å²) in [4.78, 5) is 22.9. The molecule has 6 heteroatoms. The van der Waals surface area contributed by atoms with Crippen molar-refractivity contribution in [3.8, 4) is 0 Å². The molecule has 2 N–H and O–H groups in total. The van der Waals surface area contributed by atoms with Crippen LogP contribution in [-0.2, 0) is 4.79 Å². The number of nitrogens with one attached hydrogen (secondary N) is 1. The molecule has 1 aromatic rings. The molecule has 112 valence electrons. The van der Waals surface area contributed by atoms with Gasteiger partial charge in [0, 0.05) is 12.6 Å². The quantitative estimate of drug-likeness (QED) is 0.800. The van der Waals surface area contributed by atoms with E-state index in [9.17, 15) is 9.59 Å². The van der Waals surface area contributed by atoms with E-state index in [1.165, 1.54) is 0 Å². The van der Waals surface area contributed by atoms with Gasteiger partial charge in [-0.15, -0.1) is 0 Å². The van der Waals surface area contributed by atoms with Gasteiger partial charge in [-0.05, 0) is 18.3 Å². The molecular weight excluding hydrogens is 260 g/mol. The number of hydrogen-bond donors (Lipinski definition) is 2. The van der Waals surface area contributed by atoms with Gasteiger partial charge in [-0.3, -0.25) is 9.59 Å². The minimum atomic E-state index is -0.903. The highest BCUT2D eigenvalue weighted by Crippen LogP contribution is 2.15. The summed E-state index contributed by atoms with van der Waals surface area (Å²) in [6.07, 6.45) is 0.517. The number of hydrogen-bond acceptors (Lipinski definition) is 4. The monoisotopic (exact) mass is 282 g/mol. The average molecular weight is 282 g/mol. The van der Waals surface area contributed by atoms with Crippen LogP contribution < -0.4 is 5.32 Å². The molecule has 0 bridgehead atoms. The van der Waals surface area contributed by atoms with Crippen LogP contribution >= 0.6 is 0 Å². The molecule has 1 atom stereocenters. The largest absolute Gasteiger partial charge is 0.481 e. The van der Waals surface area contributed by atoms with Gasteiger partial charge >= 0.3 is 5.97 Å². The second-order valence-corrected chi connectivity index (χ2v) is 5.65. The first-order valence-corrected chi connectivity index (χ1v) is 6.78. The zero-order chi connectivity index (χ0) is 15.3. The van der Waals surface area contributed by atoms with Crippen LogP contribution in [0.1, 0.15) is 56.3 Å². The summed E-state index contributed by atoms with van der Waals surface area (Å²) in [5.41, 5.74) is 0.701. The molecular formula is C14H22N2O4. The summed E-state index contributed by atoms with van der Waals surface area (Å²) in [6, 6.07) is 1.58. The Balaban J connectivity index is 2.58. The maximum Gasteiger partial charge on any atom is 0.308 e. The fraction of sp³-hybridized carbons (Fsp3) is 0.643. The number of aliphatic carboxylic acids is 1. The van der Waals surface area contributed by atoms with E-state index in [1.54, 1.807) is 6.07 Å². The molecule has 1 unspecified atom stereocenters. The summed E-state index contributed by atoms with van der Waals surface area (Å²) < 4.78 is 4.95. The third kappa shape index (κ3) is 4.68. The molecule has 0 fully saturated rings. The van der Waals surface area contributed by atoms with Gasteiger partial charge in [0.05, 0.1) is 11.6 Å². The molecule has 0 spiro atoms. The highest BCUT2D eigenvalue weighted by Gasteiger charge is 2.21. The number of amides is 1.